The number of thioether (sulfide) groups is 1. The fourth-order valence-electron chi connectivity index (χ4n) is 2.55. The van der Waals surface area contributed by atoms with Gasteiger partial charge in [-0.05, 0) is 38.2 Å². The molecule has 0 spiro atoms. The minimum atomic E-state index is -0.414. The van der Waals surface area contributed by atoms with Crippen molar-refractivity contribution >= 4 is 17.5 Å². The molecule has 1 aromatic heterocycles. The standard InChI is InChI=1S/C17H20N2O2S/c1-4-5-9-22-17-13(10-18)16(14-7-6-8-21-14)15(12(3)20)11(2)19-17/h6-8,16,19H,4-5,9H2,1-3H3/t16-/m0/s1. The Morgan fingerprint density at radius 2 is 2.32 bits per heavy atom. The zero-order chi connectivity index (χ0) is 16.1. The van der Waals surface area contributed by atoms with Gasteiger partial charge in [0.2, 0.25) is 0 Å². The molecule has 5 heteroatoms. The zero-order valence-electron chi connectivity index (χ0n) is 13.1. The lowest BCUT2D eigenvalue weighted by molar-refractivity contribution is -0.113. The SMILES string of the molecule is CCCCSC1=C(C#N)[C@@H](c2ccco2)C(C(C)=O)=C(C)N1. The van der Waals surface area contributed by atoms with Crippen LogP contribution in [0.15, 0.2) is 44.7 Å². The van der Waals surface area contributed by atoms with E-state index in [4.69, 9.17) is 4.42 Å². The molecule has 1 N–H and O–H groups in total. The van der Waals surface area contributed by atoms with E-state index in [2.05, 4.69) is 18.3 Å². The van der Waals surface area contributed by atoms with E-state index < -0.39 is 5.92 Å². The molecule has 0 bridgehead atoms. The Morgan fingerprint density at radius 1 is 1.55 bits per heavy atom. The molecule has 0 saturated carbocycles. The van der Waals surface area contributed by atoms with Crippen LogP contribution < -0.4 is 5.32 Å². The van der Waals surface area contributed by atoms with Gasteiger partial charge >= 0.3 is 0 Å². The number of unbranched alkanes of at least 4 members (excludes halogenated alkanes) is 1. The average molecular weight is 316 g/mol. The second kappa shape index (κ2) is 7.37. The van der Waals surface area contributed by atoms with Gasteiger partial charge in [0.05, 0.1) is 28.9 Å². The molecule has 1 atom stereocenters. The number of dihydropyridines is 1. The van der Waals surface area contributed by atoms with Gasteiger partial charge in [-0.2, -0.15) is 5.26 Å². The molecule has 1 aliphatic rings. The zero-order valence-corrected chi connectivity index (χ0v) is 13.9. The van der Waals surface area contributed by atoms with Gasteiger partial charge in [-0.25, -0.2) is 0 Å². The Balaban J connectivity index is 2.46. The lowest BCUT2D eigenvalue weighted by Gasteiger charge is -2.27. The first-order valence-electron chi connectivity index (χ1n) is 7.39. The summed E-state index contributed by atoms with van der Waals surface area (Å²) in [5.74, 6) is 1.12. The van der Waals surface area contributed by atoms with Crippen LogP contribution in [0.3, 0.4) is 0 Å². The first kappa shape index (κ1) is 16.4. The number of ketones is 1. The molecular formula is C17H20N2O2S. The quantitative estimate of drug-likeness (QED) is 0.800. The second-order valence-corrected chi connectivity index (χ2v) is 6.33. The molecule has 0 saturated heterocycles. The van der Waals surface area contributed by atoms with Gasteiger partial charge in [0, 0.05) is 11.3 Å². The Hall–Kier alpha value is -1.93. The Labute approximate surface area is 135 Å². The molecule has 2 heterocycles. The lowest BCUT2D eigenvalue weighted by Crippen LogP contribution is -2.26. The Kier molecular flexibility index (Phi) is 5.51. The highest BCUT2D eigenvalue weighted by molar-refractivity contribution is 8.03. The molecule has 0 aromatic carbocycles. The highest BCUT2D eigenvalue weighted by atomic mass is 32.2. The van der Waals surface area contributed by atoms with Crippen molar-refractivity contribution in [2.24, 2.45) is 0 Å². The molecular weight excluding hydrogens is 296 g/mol. The molecule has 0 radical (unpaired) electrons. The monoisotopic (exact) mass is 316 g/mol. The van der Waals surface area contributed by atoms with Crippen molar-refractivity contribution < 1.29 is 9.21 Å². The maximum Gasteiger partial charge on any atom is 0.158 e. The van der Waals surface area contributed by atoms with Crippen LogP contribution in [-0.2, 0) is 4.79 Å². The van der Waals surface area contributed by atoms with Crippen molar-refractivity contribution in [1.29, 1.82) is 5.26 Å². The molecule has 116 valence electrons. The smallest absolute Gasteiger partial charge is 0.158 e. The fraction of sp³-hybridized carbons (Fsp3) is 0.412. The topological polar surface area (TPSA) is 66.0 Å². The summed E-state index contributed by atoms with van der Waals surface area (Å²) in [6.45, 7) is 5.54. The van der Waals surface area contributed by atoms with Crippen LogP contribution in [0.2, 0.25) is 0 Å². The third-order valence-electron chi connectivity index (χ3n) is 3.60. The van der Waals surface area contributed by atoms with Crippen molar-refractivity contribution in [1.82, 2.24) is 5.32 Å². The van der Waals surface area contributed by atoms with Gasteiger partial charge in [0.15, 0.2) is 5.78 Å². The van der Waals surface area contributed by atoms with Crippen LogP contribution in [-0.4, -0.2) is 11.5 Å². The molecule has 22 heavy (non-hydrogen) atoms. The van der Waals surface area contributed by atoms with Gasteiger partial charge in [-0.15, -0.1) is 11.8 Å². The number of rotatable bonds is 6. The number of nitrogens with one attached hydrogen (secondary N) is 1. The van der Waals surface area contributed by atoms with Crippen LogP contribution in [0.5, 0.6) is 0 Å². The van der Waals surface area contributed by atoms with Crippen LogP contribution >= 0.6 is 11.8 Å². The van der Waals surface area contributed by atoms with E-state index >= 15 is 0 Å². The summed E-state index contributed by atoms with van der Waals surface area (Å²) in [4.78, 5) is 12.1. The Morgan fingerprint density at radius 3 is 2.86 bits per heavy atom. The molecule has 4 nitrogen and oxygen atoms in total. The summed E-state index contributed by atoms with van der Waals surface area (Å²) in [6.07, 6.45) is 3.77. The Bertz CT molecular complexity index is 651. The molecule has 2 rings (SSSR count). The summed E-state index contributed by atoms with van der Waals surface area (Å²) in [7, 11) is 0. The molecule has 0 fully saturated rings. The summed E-state index contributed by atoms with van der Waals surface area (Å²) in [5, 5.41) is 13.7. The third kappa shape index (κ3) is 3.28. The fourth-order valence-corrected chi connectivity index (χ4v) is 3.73. The van der Waals surface area contributed by atoms with Crippen LogP contribution in [0.25, 0.3) is 0 Å². The van der Waals surface area contributed by atoms with Gasteiger partial charge in [0.25, 0.3) is 0 Å². The number of allylic oxidation sites excluding steroid dienone is 3. The maximum absolute atomic E-state index is 12.1. The van der Waals surface area contributed by atoms with Gasteiger partial charge in [-0.1, -0.05) is 13.3 Å². The largest absolute Gasteiger partial charge is 0.468 e. The molecule has 0 amide bonds. The van der Waals surface area contributed by atoms with E-state index in [-0.39, 0.29) is 5.78 Å². The highest BCUT2D eigenvalue weighted by Gasteiger charge is 2.34. The number of hydrogen-bond acceptors (Lipinski definition) is 5. The minimum absolute atomic E-state index is 0.0447. The predicted octanol–water partition coefficient (Wildman–Crippen LogP) is 4.10. The second-order valence-electron chi connectivity index (χ2n) is 5.22. The number of carbonyl (C=O) groups is 1. The van der Waals surface area contributed by atoms with E-state index in [0.29, 0.717) is 16.9 Å². The number of hydrogen-bond donors (Lipinski definition) is 1. The predicted molar refractivity (Wildman–Crippen MR) is 88.0 cm³/mol. The molecule has 0 aliphatic carbocycles. The van der Waals surface area contributed by atoms with E-state index in [9.17, 15) is 10.1 Å². The summed E-state index contributed by atoms with van der Waals surface area (Å²) in [6, 6.07) is 5.87. The van der Waals surface area contributed by atoms with Gasteiger partial charge < -0.3 is 9.73 Å². The van der Waals surface area contributed by atoms with E-state index in [1.807, 2.05) is 13.0 Å². The van der Waals surface area contributed by atoms with Crippen LogP contribution in [0.4, 0.5) is 0 Å². The number of nitrogens with zero attached hydrogens (tertiary/aromatic N) is 1. The lowest BCUT2D eigenvalue weighted by atomic mass is 9.84. The van der Waals surface area contributed by atoms with Crippen molar-refractivity contribution in [3.05, 3.63) is 46.0 Å². The summed E-state index contributed by atoms with van der Waals surface area (Å²) in [5.41, 5.74) is 1.96. The third-order valence-corrected chi connectivity index (χ3v) is 4.70. The number of carbonyl (C=O) groups excluding carboxylic acids is 1. The number of nitriles is 1. The first-order valence-corrected chi connectivity index (χ1v) is 8.37. The average Bonchev–Trinajstić information content (AvgIpc) is 3.00. The van der Waals surface area contributed by atoms with Crippen LogP contribution in [0.1, 0.15) is 45.3 Å². The van der Waals surface area contributed by atoms with Gasteiger partial charge in [-0.3, -0.25) is 4.79 Å². The molecule has 1 aromatic rings. The first-order chi connectivity index (χ1) is 10.6. The van der Waals surface area contributed by atoms with Crippen molar-refractivity contribution in [3.63, 3.8) is 0 Å². The van der Waals surface area contributed by atoms with E-state index in [0.717, 1.165) is 29.3 Å². The summed E-state index contributed by atoms with van der Waals surface area (Å²) >= 11 is 1.63. The van der Waals surface area contributed by atoms with Gasteiger partial charge in [0.1, 0.15) is 5.76 Å². The van der Waals surface area contributed by atoms with Crippen LogP contribution in [0, 0.1) is 11.3 Å². The van der Waals surface area contributed by atoms with Crippen molar-refractivity contribution in [3.8, 4) is 6.07 Å². The van der Waals surface area contributed by atoms with Crippen molar-refractivity contribution in [2.75, 3.05) is 5.75 Å². The van der Waals surface area contributed by atoms with Crippen molar-refractivity contribution in [2.45, 2.75) is 39.5 Å². The van der Waals surface area contributed by atoms with E-state index in [1.165, 1.54) is 6.92 Å². The maximum atomic E-state index is 12.1. The summed E-state index contributed by atoms with van der Waals surface area (Å²) < 4.78 is 5.50. The highest BCUT2D eigenvalue weighted by Crippen LogP contribution is 2.40. The van der Waals surface area contributed by atoms with E-state index in [1.54, 1.807) is 24.1 Å². The normalized spacial score (nSPS) is 18.2. The minimum Gasteiger partial charge on any atom is -0.468 e. The molecule has 0 unspecified atom stereocenters. The molecule has 1 aliphatic heterocycles. The number of Topliss-reactive ketones (excluding diaryl/α,β-unsaturated/α-hetero) is 1. The number of furan rings is 1.